The van der Waals surface area contributed by atoms with Crippen LogP contribution >= 0.6 is 0 Å². The van der Waals surface area contributed by atoms with E-state index >= 15 is 0 Å². The van der Waals surface area contributed by atoms with E-state index in [-0.39, 0.29) is 12.2 Å². The molecule has 6 heteroatoms. The van der Waals surface area contributed by atoms with Crippen molar-refractivity contribution in [1.29, 1.82) is 0 Å². The van der Waals surface area contributed by atoms with Gasteiger partial charge in [0.1, 0.15) is 5.82 Å². The molecule has 3 aromatic rings. The second kappa shape index (κ2) is 9.27. The van der Waals surface area contributed by atoms with E-state index in [0.29, 0.717) is 29.9 Å². The van der Waals surface area contributed by atoms with Crippen LogP contribution in [0.2, 0.25) is 0 Å². The first-order valence-electron chi connectivity index (χ1n) is 10.7. The zero-order chi connectivity index (χ0) is 21.8. The lowest BCUT2D eigenvalue weighted by atomic mass is 10.0. The van der Waals surface area contributed by atoms with Crippen molar-refractivity contribution in [1.82, 2.24) is 14.5 Å². The topological polar surface area (TPSA) is 64.4 Å². The summed E-state index contributed by atoms with van der Waals surface area (Å²) in [5.41, 5.74) is 3.25. The van der Waals surface area contributed by atoms with Gasteiger partial charge in [-0.3, -0.25) is 14.3 Å². The molecule has 0 aliphatic carbocycles. The number of rotatable bonds is 6. The number of carbonyl (C=O) groups is 1. The number of hydrogen-bond donors (Lipinski definition) is 0. The van der Waals surface area contributed by atoms with Gasteiger partial charge in [-0.15, -0.1) is 0 Å². The number of nitrogens with zero attached hydrogens (tertiary/aromatic N) is 3. The highest BCUT2D eigenvalue weighted by Crippen LogP contribution is 2.23. The van der Waals surface area contributed by atoms with Crippen LogP contribution in [0.4, 0.5) is 0 Å². The van der Waals surface area contributed by atoms with Crippen LogP contribution in [0.1, 0.15) is 41.2 Å². The van der Waals surface area contributed by atoms with Crippen LogP contribution in [0.25, 0.3) is 0 Å². The Kier molecular flexibility index (Phi) is 6.28. The molecule has 1 unspecified atom stereocenters. The molecule has 1 aliphatic rings. The Morgan fingerprint density at radius 3 is 2.45 bits per heavy atom. The number of benzene rings is 2. The van der Waals surface area contributed by atoms with E-state index in [0.717, 1.165) is 18.8 Å². The second-order valence-electron chi connectivity index (χ2n) is 7.77. The predicted octanol–water partition coefficient (Wildman–Crippen LogP) is 3.26. The molecular weight excluding hydrogens is 390 g/mol. The molecular formula is C25H27N3O3. The van der Waals surface area contributed by atoms with Gasteiger partial charge in [0.15, 0.2) is 6.04 Å². The van der Waals surface area contributed by atoms with Gasteiger partial charge < -0.3 is 4.74 Å². The highest BCUT2D eigenvalue weighted by molar-refractivity contribution is 5.78. The fraction of sp³-hybridized carbons (Fsp3) is 0.320. The monoisotopic (exact) mass is 417 g/mol. The van der Waals surface area contributed by atoms with E-state index in [1.807, 2.05) is 48.5 Å². The molecule has 160 valence electrons. The van der Waals surface area contributed by atoms with Crippen LogP contribution < -0.4 is 5.56 Å². The highest BCUT2D eigenvalue weighted by atomic mass is 16.5. The van der Waals surface area contributed by atoms with Crippen LogP contribution in [0.15, 0.2) is 65.5 Å². The first-order valence-corrected chi connectivity index (χ1v) is 10.7. The Balaban J connectivity index is 1.73. The fourth-order valence-corrected chi connectivity index (χ4v) is 4.19. The number of aromatic nitrogens is 2. The smallest absolute Gasteiger partial charge is 0.333 e. The number of aryl methyl sites for hydroxylation is 1. The van der Waals surface area contributed by atoms with Crippen molar-refractivity contribution in [2.24, 2.45) is 0 Å². The molecule has 2 aromatic carbocycles. The normalized spacial score (nSPS) is 14.6. The number of ether oxygens (including phenoxy) is 1. The minimum absolute atomic E-state index is 0.165. The van der Waals surface area contributed by atoms with Crippen LogP contribution in [0, 0.1) is 6.92 Å². The molecule has 6 nitrogen and oxygen atoms in total. The summed E-state index contributed by atoms with van der Waals surface area (Å²) in [5, 5.41) is 0. The molecule has 1 aliphatic heterocycles. The summed E-state index contributed by atoms with van der Waals surface area (Å²) in [5.74, 6) is 0.0831. The Labute approximate surface area is 182 Å². The standard InChI is InChI=1S/C25H27N3O3/c1-3-31-25(30)23(20-12-8-5-9-13-20)28-18(2)26-22-14-15-27(17-21(22)24(28)29)16-19-10-6-4-7-11-19/h4-13,23H,3,14-17H2,1-2H3. The molecule has 0 amide bonds. The summed E-state index contributed by atoms with van der Waals surface area (Å²) >= 11 is 0. The van der Waals surface area contributed by atoms with Crippen molar-refractivity contribution in [2.45, 2.75) is 39.4 Å². The lowest BCUT2D eigenvalue weighted by Gasteiger charge is -2.30. The summed E-state index contributed by atoms with van der Waals surface area (Å²) in [6, 6.07) is 18.7. The van der Waals surface area contributed by atoms with E-state index in [1.165, 1.54) is 10.1 Å². The average molecular weight is 418 g/mol. The fourth-order valence-electron chi connectivity index (χ4n) is 4.19. The molecule has 1 aromatic heterocycles. The van der Waals surface area contributed by atoms with Crippen LogP contribution in [0.5, 0.6) is 0 Å². The Bertz CT molecular complexity index is 1110. The summed E-state index contributed by atoms with van der Waals surface area (Å²) in [6.07, 6.45) is 0.717. The zero-order valence-electron chi connectivity index (χ0n) is 18.0. The van der Waals surface area contributed by atoms with E-state index in [9.17, 15) is 9.59 Å². The van der Waals surface area contributed by atoms with Gasteiger partial charge in [-0.2, -0.15) is 0 Å². The third-order valence-corrected chi connectivity index (χ3v) is 5.65. The van der Waals surface area contributed by atoms with Gasteiger partial charge in [-0.1, -0.05) is 60.7 Å². The number of esters is 1. The molecule has 31 heavy (non-hydrogen) atoms. The molecule has 0 fully saturated rings. The molecule has 0 saturated heterocycles. The summed E-state index contributed by atoms with van der Waals surface area (Å²) in [4.78, 5) is 33.5. The van der Waals surface area contributed by atoms with Gasteiger partial charge in [0, 0.05) is 26.1 Å². The predicted molar refractivity (Wildman–Crippen MR) is 119 cm³/mol. The van der Waals surface area contributed by atoms with Gasteiger partial charge in [-0.25, -0.2) is 9.78 Å². The minimum atomic E-state index is -0.851. The van der Waals surface area contributed by atoms with Crippen molar-refractivity contribution >= 4 is 5.97 Å². The van der Waals surface area contributed by atoms with Gasteiger partial charge in [0.2, 0.25) is 0 Å². The first-order chi connectivity index (χ1) is 15.1. The molecule has 0 N–H and O–H groups in total. The molecule has 0 radical (unpaired) electrons. The third-order valence-electron chi connectivity index (χ3n) is 5.65. The van der Waals surface area contributed by atoms with Gasteiger partial charge in [0.05, 0.1) is 17.9 Å². The number of fused-ring (bicyclic) bond motifs is 1. The molecule has 0 spiro atoms. The quantitative estimate of drug-likeness (QED) is 0.576. The Morgan fingerprint density at radius 1 is 1.10 bits per heavy atom. The molecule has 2 heterocycles. The number of carbonyl (C=O) groups excluding carboxylic acids is 1. The van der Waals surface area contributed by atoms with Crippen LogP contribution in [-0.2, 0) is 29.0 Å². The average Bonchev–Trinajstić information content (AvgIpc) is 2.78. The van der Waals surface area contributed by atoms with Gasteiger partial charge in [0.25, 0.3) is 5.56 Å². The lowest BCUT2D eigenvalue weighted by Crippen LogP contribution is -2.41. The maximum absolute atomic E-state index is 13.6. The van der Waals surface area contributed by atoms with Crippen LogP contribution in [0.3, 0.4) is 0 Å². The Hall–Kier alpha value is -3.25. The second-order valence-corrected chi connectivity index (χ2v) is 7.77. The molecule has 0 saturated carbocycles. The van der Waals surface area contributed by atoms with Crippen LogP contribution in [-0.4, -0.2) is 33.6 Å². The van der Waals surface area contributed by atoms with E-state index < -0.39 is 12.0 Å². The largest absolute Gasteiger partial charge is 0.464 e. The van der Waals surface area contributed by atoms with E-state index in [1.54, 1.807) is 13.8 Å². The molecule has 1 atom stereocenters. The summed E-state index contributed by atoms with van der Waals surface area (Å²) < 4.78 is 6.83. The van der Waals surface area contributed by atoms with Gasteiger partial charge in [-0.05, 0) is 25.0 Å². The highest BCUT2D eigenvalue weighted by Gasteiger charge is 2.30. The SMILES string of the molecule is CCOC(=O)C(c1ccccc1)n1c(C)nc2c(c1=O)CN(Cc1ccccc1)CC2. The van der Waals surface area contributed by atoms with E-state index in [2.05, 4.69) is 17.0 Å². The van der Waals surface area contributed by atoms with Crippen molar-refractivity contribution in [3.8, 4) is 0 Å². The van der Waals surface area contributed by atoms with Gasteiger partial charge >= 0.3 is 5.97 Å². The van der Waals surface area contributed by atoms with Crippen molar-refractivity contribution < 1.29 is 9.53 Å². The number of hydrogen-bond acceptors (Lipinski definition) is 5. The Morgan fingerprint density at radius 2 is 1.77 bits per heavy atom. The molecule has 0 bridgehead atoms. The van der Waals surface area contributed by atoms with Crippen molar-refractivity contribution in [3.63, 3.8) is 0 Å². The maximum atomic E-state index is 13.6. The van der Waals surface area contributed by atoms with E-state index in [4.69, 9.17) is 9.72 Å². The first kappa shape index (κ1) is 21.0. The summed E-state index contributed by atoms with van der Waals surface area (Å²) in [7, 11) is 0. The maximum Gasteiger partial charge on any atom is 0.333 e. The van der Waals surface area contributed by atoms with Crippen molar-refractivity contribution in [3.05, 3.63) is 99.2 Å². The minimum Gasteiger partial charge on any atom is -0.464 e. The lowest BCUT2D eigenvalue weighted by molar-refractivity contribution is -0.145. The third kappa shape index (κ3) is 4.44. The van der Waals surface area contributed by atoms with Crippen molar-refractivity contribution in [2.75, 3.05) is 13.2 Å². The molecule has 4 rings (SSSR count). The zero-order valence-corrected chi connectivity index (χ0v) is 18.0. The summed E-state index contributed by atoms with van der Waals surface area (Å²) in [6.45, 7) is 5.93.